The molecule has 74 valence electrons. The summed E-state index contributed by atoms with van der Waals surface area (Å²) in [5, 5.41) is 8.91. The Morgan fingerprint density at radius 3 is 2.07 bits per heavy atom. The highest BCUT2D eigenvalue weighted by Crippen LogP contribution is 2.18. The molecule has 1 rings (SSSR count). The van der Waals surface area contributed by atoms with E-state index < -0.39 is 5.97 Å². The van der Waals surface area contributed by atoms with Gasteiger partial charge < -0.3 is 5.11 Å². The normalized spacial score (nSPS) is 9.64. The van der Waals surface area contributed by atoms with Gasteiger partial charge in [0.2, 0.25) is 0 Å². The van der Waals surface area contributed by atoms with Gasteiger partial charge in [0.05, 0.1) is 5.57 Å². The summed E-state index contributed by atoms with van der Waals surface area (Å²) < 4.78 is 12.6. The van der Waals surface area contributed by atoms with Gasteiger partial charge in [0.15, 0.2) is 0 Å². The van der Waals surface area contributed by atoms with Gasteiger partial charge in [-0.3, -0.25) is 0 Å². The number of benzene rings is 1. The van der Waals surface area contributed by atoms with E-state index in [0.29, 0.717) is 11.1 Å². The first kappa shape index (κ1) is 10.4. The molecule has 0 aliphatic rings. The van der Waals surface area contributed by atoms with E-state index in [1.54, 1.807) is 13.8 Å². The maximum absolute atomic E-state index is 12.6. The Labute approximate surface area is 81.7 Å². The average molecular weight is 194 g/mol. The number of carbonyl (C=O) groups is 1. The van der Waals surface area contributed by atoms with Gasteiger partial charge in [-0.25, -0.2) is 9.18 Å². The van der Waals surface area contributed by atoms with E-state index in [1.165, 1.54) is 24.3 Å². The molecule has 0 aromatic heterocycles. The van der Waals surface area contributed by atoms with Crippen LogP contribution in [0.1, 0.15) is 19.4 Å². The molecule has 0 saturated heterocycles. The third kappa shape index (κ3) is 2.19. The van der Waals surface area contributed by atoms with Crippen LogP contribution in [0, 0.1) is 5.82 Å². The Bertz CT molecular complexity index is 373. The van der Waals surface area contributed by atoms with Crippen LogP contribution in [0.2, 0.25) is 0 Å². The molecule has 0 heterocycles. The van der Waals surface area contributed by atoms with Gasteiger partial charge in [0, 0.05) is 0 Å². The Balaban J connectivity index is 3.21. The Morgan fingerprint density at radius 2 is 1.71 bits per heavy atom. The van der Waals surface area contributed by atoms with E-state index in [1.807, 2.05) is 0 Å². The third-order valence-electron chi connectivity index (χ3n) is 1.85. The Hall–Kier alpha value is -1.64. The molecule has 1 N–H and O–H groups in total. The van der Waals surface area contributed by atoms with E-state index in [0.717, 1.165) is 0 Å². The first-order valence-electron chi connectivity index (χ1n) is 4.19. The van der Waals surface area contributed by atoms with Crippen molar-refractivity contribution < 1.29 is 14.3 Å². The zero-order chi connectivity index (χ0) is 10.7. The van der Waals surface area contributed by atoms with E-state index in [9.17, 15) is 9.18 Å². The number of carboxylic acid groups (broad SMARTS) is 1. The Kier molecular flexibility index (Phi) is 3.02. The predicted octanol–water partition coefficient (Wildman–Crippen LogP) is 2.70. The van der Waals surface area contributed by atoms with E-state index in [4.69, 9.17) is 5.11 Å². The highest BCUT2D eigenvalue weighted by atomic mass is 19.1. The quantitative estimate of drug-likeness (QED) is 0.735. The molecule has 1 aromatic rings. The molecule has 0 spiro atoms. The van der Waals surface area contributed by atoms with Gasteiger partial charge in [0.25, 0.3) is 0 Å². The van der Waals surface area contributed by atoms with Crippen LogP contribution in [0.15, 0.2) is 29.8 Å². The number of hydrogen-bond acceptors (Lipinski definition) is 1. The van der Waals surface area contributed by atoms with Crippen LogP contribution in [-0.2, 0) is 4.79 Å². The summed E-state index contributed by atoms with van der Waals surface area (Å²) in [6.07, 6.45) is 0. The number of allylic oxidation sites excluding steroid dienone is 1. The molecule has 0 fully saturated rings. The highest BCUT2D eigenvalue weighted by Gasteiger charge is 2.11. The second kappa shape index (κ2) is 4.05. The lowest BCUT2D eigenvalue weighted by Crippen LogP contribution is -2.01. The van der Waals surface area contributed by atoms with E-state index in [2.05, 4.69) is 0 Å². The molecule has 0 aliphatic heterocycles. The minimum Gasteiger partial charge on any atom is -0.478 e. The first-order chi connectivity index (χ1) is 6.52. The van der Waals surface area contributed by atoms with Crippen LogP contribution in [-0.4, -0.2) is 11.1 Å². The Morgan fingerprint density at radius 1 is 1.21 bits per heavy atom. The molecule has 14 heavy (non-hydrogen) atoms. The number of hydrogen-bond donors (Lipinski definition) is 1. The van der Waals surface area contributed by atoms with Gasteiger partial charge in [0.1, 0.15) is 5.82 Å². The second-order valence-electron chi connectivity index (χ2n) is 3.19. The SMILES string of the molecule is CC(C)=C(C(=O)O)c1ccc(F)cc1. The molecule has 0 aliphatic carbocycles. The molecule has 1 aromatic carbocycles. The molecule has 0 saturated carbocycles. The van der Waals surface area contributed by atoms with Crippen LogP contribution >= 0.6 is 0 Å². The minimum atomic E-state index is -0.989. The van der Waals surface area contributed by atoms with Gasteiger partial charge in [-0.05, 0) is 31.5 Å². The summed E-state index contributed by atoms with van der Waals surface area (Å²) in [5.41, 5.74) is 1.45. The van der Waals surface area contributed by atoms with Crippen molar-refractivity contribution in [3.63, 3.8) is 0 Å². The molecule has 0 atom stereocenters. The highest BCUT2D eigenvalue weighted by molar-refractivity contribution is 6.16. The lowest BCUT2D eigenvalue weighted by Gasteiger charge is -2.04. The topological polar surface area (TPSA) is 37.3 Å². The monoisotopic (exact) mass is 194 g/mol. The largest absolute Gasteiger partial charge is 0.478 e. The first-order valence-corrected chi connectivity index (χ1v) is 4.19. The van der Waals surface area contributed by atoms with Crippen molar-refractivity contribution in [1.29, 1.82) is 0 Å². The fraction of sp³-hybridized carbons (Fsp3) is 0.182. The lowest BCUT2D eigenvalue weighted by atomic mass is 10.0. The zero-order valence-corrected chi connectivity index (χ0v) is 8.04. The number of halogens is 1. The molecule has 0 amide bonds. The minimum absolute atomic E-state index is 0.227. The van der Waals surface area contributed by atoms with Crippen LogP contribution in [0.4, 0.5) is 4.39 Å². The van der Waals surface area contributed by atoms with E-state index >= 15 is 0 Å². The smallest absolute Gasteiger partial charge is 0.336 e. The van der Waals surface area contributed by atoms with Crippen LogP contribution in [0.25, 0.3) is 5.57 Å². The van der Waals surface area contributed by atoms with Crippen molar-refractivity contribution in [2.75, 3.05) is 0 Å². The standard InChI is InChI=1S/C11H11FO2/c1-7(2)10(11(13)14)8-3-5-9(12)6-4-8/h3-6H,1-2H3,(H,13,14). The number of carboxylic acids is 1. The summed E-state index contributed by atoms with van der Waals surface area (Å²) in [6.45, 7) is 3.43. The average Bonchev–Trinajstić information content (AvgIpc) is 2.07. The summed E-state index contributed by atoms with van der Waals surface area (Å²) >= 11 is 0. The van der Waals surface area contributed by atoms with Crippen molar-refractivity contribution in [3.8, 4) is 0 Å². The maximum Gasteiger partial charge on any atom is 0.336 e. The summed E-state index contributed by atoms with van der Waals surface area (Å²) in [6, 6.07) is 5.43. The van der Waals surface area contributed by atoms with Crippen molar-refractivity contribution in [1.82, 2.24) is 0 Å². The molecule has 0 unspecified atom stereocenters. The number of rotatable bonds is 2. The molecular formula is C11H11FO2. The molecule has 0 radical (unpaired) electrons. The van der Waals surface area contributed by atoms with Gasteiger partial charge in [-0.15, -0.1) is 0 Å². The van der Waals surface area contributed by atoms with Crippen LogP contribution in [0.5, 0.6) is 0 Å². The second-order valence-corrected chi connectivity index (χ2v) is 3.19. The molecule has 3 heteroatoms. The molecular weight excluding hydrogens is 183 g/mol. The predicted molar refractivity (Wildman–Crippen MR) is 52.3 cm³/mol. The van der Waals surface area contributed by atoms with Crippen LogP contribution in [0.3, 0.4) is 0 Å². The zero-order valence-electron chi connectivity index (χ0n) is 8.04. The van der Waals surface area contributed by atoms with Crippen LogP contribution < -0.4 is 0 Å². The van der Waals surface area contributed by atoms with Gasteiger partial charge >= 0.3 is 5.97 Å². The lowest BCUT2D eigenvalue weighted by molar-refractivity contribution is -0.130. The van der Waals surface area contributed by atoms with Crippen molar-refractivity contribution >= 4 is 11.5 Å². The van der Waals surface area contributed by atoms with Crippen molar-refractivity contribution in [2.45, 2.75) is 13.8 Å². The van der Waals surface area contributed by atoms with Gasteiger partial charge in [-0.2, -0.15) is 0 Å². The maximum atomic E-state index is 12.6. The summed E-state index contributed by atoms with van der Waals surface area (Å²) in [5.74, 6) is -1.36. The van der Waals surface area contributed by atoms with E-state index in [-0.39, 0.29) is 11.4 Å². The fourth-order valence-corrected chi connectivity index (χ4v) is 1.24. The van der Waals surface area contributed by atoms with Crippen molar-refractivity contribution in [3.05, 3.63) is 41.2 Å². The summed E-state index contributed by atoms with van der Waals surface area (Å²) in [7, 11) is 0. The van der Waals surface area contributed by atoms with Gasteiger partial charge in [-0.1, -0.05) is 17.7 Å². The molecule has 0 bridgehead atoms. The molecule has 2 nitrogen and oxygen atoms in total. The van der Waals surface area contributed by atoms with Crippen molar-refractivity contribution in [2.24, 2.45) is 0 Å². The number of aliphatic carboxylic acids is 1. The summed E-state index contributed by atoms with van der Waals surface area (Å²) in [4.78, 5) is 10.9. The third-order valence-corrected chi connectivity index (χ3v) is 1.85. The fourth-order valence-electron chi connectivity index (χ4n) is 1.24.